The Morgan fingerprint density at radius 2 is 1.56 bits per heavy atom. The number of likely N-dealkylation sites (tertiary alicyclic amines) is 1. The maximum absolute atomic E-state index is 14.5. The van der Waals surface area contributed by atoms with Crippen molar-refractivity contribution < 1.29 is 32.4 Å². The number of rotatable bonds is 14. The molecule has 3 fully saturated rings. The van der Waals surface area contributed by atoms with Crippen molar-refractivity contribution in [3.05, 3.63) is 0 Å². The Balaban J connectivity index is 1.85. The summed E-state index contributed by atoms with van der Waals surface area (Å²) in [7, 11) is -3.57. The van der Waals surface area contributed by atoms with Gasteiger partial charge in [-0.25, -0.2) is 13.2 Å². The van der Waals surface area contributed by atoms with Crippen molar-refractivity contribution in [1.29, 1.82) is 0 Å². The van der Waals surface area contributed by atoms with E-state index in [1.807, 2.05) is 34.6 Å². The molecule has 1 aliphatic heterocycles. The fraction of sp³-hybridized carbons (Fsp3) is 0.811. The highest BCUT2D eigenvalue weighted by atomic mass is 32.2. The van der Waals surface area contributed by atoms with Gasteiger partial charge in [-0.1, -0.05) is 66.7 Å². The minimum atomic E-state index is -3.57. The van der Waals surface area contributed by atoms with Crippen LogP contribution in [0.3, 0.4) is 0 Å². The summed E-state index contributed by atoms with van der Waals surface area (Å²) in [6.07, 6.45) is 11.8. The van der Waals surface area contributed by atoms with E-state index in [9.17, 15) is 32.4 Å². The molecule has 5 amide bonds. The summed E-state index contributed by atoms with van der Waals surface area (Å²) < 4.78 is 25.6. The standard InChI is InChI=1S/C37H61N5O7S/c1-10-11-20-38-32(45)29(43)27(22-25-15-16-25)39-31(44)28-26(24(2)3)17-21-42(28)33(46)30(35(4,5)6)40-34(47)41-37(18-13-12-14-19-37)23-50(48,49)36(7,8)9/h1,24-28,30H,11-23H2,2-9H3,(H,38,45)(H,39,44)(H2,40,41,47)/t26?,27?,28-,30+/m0/s1. The van der Waals surface area contributed by atoms with Crippen LogP contribution in [0.4, 0.5) is 4.79 Å². The van der Waals surface area contributed by atoms with Crippen molar-refractivity contribution in [3.63, 3.8) is 0 Å². The zero-order valence-corrected chi connectivity index (χ0v) is 32.3. The van der Waals surface area contributed by atoms with E-state index in [1.165, 1.54) is 4.90 Å². The normalized spacial score (nSPS) is 22.2. The summed E-state index contributed by atoms with van der Waals surface area (Å²) in [4.78, 5) is 69.7. The fourth-order valence-corrected chi connectivity index (χ4v) is 8.62. The smallest absolute Gasteiger partial charge is 0.315 e. The van der Waals surface area contributed by atoms with Crippen LogP contribution in [-0.2, 0) is 29.0 Å². The SMILES string of the molecule is C#CCCNC(=O)C(=O)C(CC1CC1)NC(=O)[C@@H]1C(C(C)C)CCN1C(=O)[C@@H](NC(=O)NC1(CS(=O)(=O)C(C)(C)C)CCCCC1)C(C)(C)C. The molecule has 0 spiro atoms. The predicted octanol–water partition coefficient (Wildman–Crippen LogP) is 3.48. The molecule has 2 saturated carbocycles. The number of hydrogen-bond acceptors (Lipinski definition) is 7. The Morgan fingerprint density at radius 3 is 2.08 bits per heavy atom. The van der Waals surface area contributed by atoms with Crippen molar-refractivity contribution in [2.75, 3.05) is 18.8 Å². The Morgan fingerprint density at radius 1 is 0.940 bits per heavy atom. The zero-order valence-electron chi connectivity index (χ0n) is 31.4. The molecule has 2 aliphatic carbocycles. The summed E-state index contributed by atoms with van der Waals surface area (Å²) in [5, 5.41) is 11.2. The zero-order chi connectivity index (χ0) is 37.7. The molecule has 2 unspecified atom stereocenters. The molecule has 12 nitrogen and oxygen atoms in total. The van der Waals surface area contributed by atoms with Gasteiger partial charge in [0.2, 0.25) is 17.6 Å². The number of nitrogens with zero attached hydrogens (tertiary/aromatic N) is 1. The highest BCUT2D eigenvalue weighted by Gasteiger charge is 2.49. The van der Waals surface area contributed by atoms with Crippen LogP contribution in [0.2, 0.25) is 0 Å². The topological polar surface area (TPSA) is 171 Å². The van der Waals surface area contributed by atoms with E-state index < -0.39 is 73.2 Å². The van der Waals surface area contributed by atoms with Gasteiger partial charge in [-0.05, 0) is 69.6 Å². The van der Waals surface area contributed by atoms with Crippen molar-refractivity contribution in [2.45, 2.75) is 148 Å². The third kappa shape index (κ3) is 10.7. The van der Waals surface area contributed by atoms with E-state index >= 15 is 0 Å². The number of urea groups is 1. The number of Topliss-reactive ketones (excluding diaryl/α,β-unsaturated/α-hetero) is 1. The largest absolute Gasteiger partial charge is 0.348 e. The monoisotopic (exact) mass is 719 g/mol. The highest BCUT2D eigenvalue weighted by molar-refractivity contribution is 7.92. The van der Waals surface area contributed by atoms with Gasteiger partial charge in [0.25, 0.3) is 5.91 Å². The molecular formula is C37H61N5O7S. The van der Waals surface area contributed by atoms with Crippen LogP contribution in [0, 0.1) is 35.5 Å². The van der Waals surface area contributed by atoms with Gasteiger partial charge in [0.1, 0.15) is 12.1 Å². The highest BCUT2D eigenvalue weighted by Crippen LogP contribution is 2.36. The molecule has 282 valence electrons. The third-order valence-electron chi connectivity index (χ3n) is 10.5. The fourth-order valence-electron chi connectivity index (χ4n) is 7.10. The van der Waals surface area contributed by atoms with Crippen molar-refractivity contribution in [3.8, 4) is 12.3 Å². The summed E-state index contributed by atoms with van der Waals surface area (Å²) in [5.74, 6) is -0.242. The maximum Gasteiger partial charge on any atom is 0.315 e. The van der Waals surface area contributed by atoms with E-state index in [-0.39, 0.29) is 43.0 Å². The van der Waals surface area contributed by atoms with Crippen LogP contribution >= 0.6 is 0 Å². The summed E-state index contributed by atoms with van der Waals surface area (Å²) in [5.41, 5.74) is -1.74. The van der Waals surface area contributed by atoms with Crippen LogP contribution in [0.5, 0.6) is 0 Å². The van der Waals surface area contributed by atoms with Gasteiger partial charge >= 0.3 is 6.03 Å². The Hall–Kier alpha value is -3.14. The number of amides is 5. The van der Waals surface area contributed by atoms with E-state index in [0.717, 1.165) is 32.1 Å². The average Bonchev–Trinajstić information content (AvgIpc) is 3.70. The second-order valence-corrected chi connectivity index (χ2v) is 19.8. The van der Waals surface area contributed by atoms with E-state index in [1.54, 1.807) is 20.8 Å². The molecule has 1 heterocycles. The molecule has 0 aromatic rings. The molecule has 4 N–H and O–H groups in total. The molecule has 0 aromatic heterocycles. The van der Waals surface area contributed by atoms with Crippen molar-refractivity contribution in [1.82, 2.24) is 26.2 Å². The summed E-state index contributed by atoms with van der Waals surface area (Å²) >= 11 is 0. The van der Waals surface area contributed by atoms with E-state index in [2.05, 4.69) is 27.2 Å². The number of sulfone groups is 1. The number of carbonyl (C=O) groups excluding carboxylic acids is 5. The second kappa shape index (κ2) is 16.5. The molecule has 3 rings (SSSR count). The van der Waals surface area contributed by atoms with Crippen LogP contribution in [0.1, 0.15) is 120 Å². The molecule has 4 atom stereocenters. The van der Waals surface area contributed by atoms with Crippen molar-refractivity contribution in [2.24, 2.45) is 23.2 Å². The number of ketones is 1. The Labute approximate surface area is 299 Å². The number of hydrogen-bond donors (Lipinski definition) is 4. The van der Waals surface area contributed by atoms with Crippen LogP contribution in [0.15, 0.2) is 0 Å². The summed E-state index contributed by atoms with van der Waals surface area (Å²) in [6, 6.07) is -3.63. The first-order valence-corrected chi connectivity index (χ1v) is 19.9. The molecular weight excluding hydrogens is 659 g/mol. The lowest BCUT2D eigenvalue weighted by molar-refractivity contribution is -0.145. The van der Waals surface area contributed by atoms with Crippen molar-refractivity contribution >= 4 is 39.4 Å². The van der Waals surface area contributed by atoms with Crippen LogP contribution in [0.25, 0.3) is 0 Å². The Bertz CT molecular complexity index is 1410. The molecule has 0 aromatic carbocycles. The molecule has 0 radical (unpaired) electrons. The first kappa shape index (κ1) is 41.3. The molecule has 1 saturated heterocycles. The van der Waals surface area contributed by atoms with Gasteiger partial charge in [0.15, 0.2) is 9.84 Å². The van der Waals surface area contributed by atoms with E-state index in [4.69, 9.17) is 6.42 Å². The lowest BCUT2D eigenvalue weighted by atomic mass is 9.83. The summed E-state index contributed by atoms with van der Waals surface area (Å²) in [6.45, 7) is 14.8. The maximum atomic E-state index is 14.5. The number of nitrogens with one attached hydrogen (secondary N) is 4. The second-order valence-electron chi connectivity index (χ2n) is 17.1. The molecule has 13 heteroatoms. The van der Waals surface area contributed by atoms with Gasteiger partial charge in [0.05, 0.1) is 22.1 Å². The van der Waals surface area contributed by atoms with Crippen LogP contribution in [-0.4, -0.2) is 90.1 Å². The third-order valence-corrected chi connectivity index (χ3v) is 13.3. The van der Waals surface area contributed by atoms with E-state index in [0.29, 0.717) is 25.7 Å². The van der Waals surface area contributed by atoms with Gasteiger partial charge in [-0.3, -0.25) is 19.2 Å². The van der Waals surface area contributed by atoms with Gasteiger partial charge in [-0.15, -0.1) is 12.3 Å². The van der Waals surface area contributed by atoms with Gasteiger partial charge in [-0.2, -0.15) is 0 Å². The minimum absolute atomic E-state index is 0.0217. The Kier molecular flexibility index (Phi) is 13.6. The molecule has 50 heavy (non-hydrogen) atoms. The van der Waals surface area contributed by atoms with Crippen LogP contribution < -0.4 is 21.3 Å². The molecule has 0 bridgehead atoms. The number of carbonyl (C=O) groups is 5. The predicted molar refractivity (Wildman–Crippen MR) is 193 cm³/mol. The lowest BCUT2D eigenvalue weighted by Gasteiger charge is -2.41. The quantitative estimate of drug-likeness (QED) is 0.121. The lowest BCUT2D eigenvalue weighted by Crippen LogP contribution is -2.64. The average molecular weight is 720 g/mol. The molecule has 3 aliphatic rings. The minimum Gasteiger partial charge on any atom is -0.348 e. The first-order valence-electron chi connectivity index (χ1n) is 18.3. The number of terminal acetylenes is 1. The van der Waals surface area contributed by atoms with Gasteiger partial charge < -0.3 is 26.2 Å². The van der Waals surface area contributed by atoms with Gasteiger partial charge in [0, 0.05) is 19.5 Å². The first-order chi connectivity index (χ1) is 23.1.